The Balaban J connectivity index is 3.68. The van der Waals surface area contributed by atoms with E-state index >= 15 is 0 Å². The third kappa shape index (κ3) is 12.0. The molecule has 4 nitrogen and oxygen atoms in total. The van der Waals surface area contributed by atoms with Crippen LogP contribution in [0.1, 0.15) is 32.6 Å². The first-order chi connectivity index (χ1) is 8.74. The van der Waals surface area contributed by atoms with Crippen molar-refractivity contribution in [1.82, 2.24) is 0 Å². The predicted molar refractivity (Wildman–Crippen MR) is 64.7 cm³/mol. The Morgan fingerprint density at radius 2 is 2.00 bits per heavy atom. The highest BCUT2D eigenvalue weighted by atomic mass is 19.4. The molecule has 0 saturated heterocycles. The van der Waals surface area contributed by atoms with Crippen LogP contribution < -0.4 is 5.73 Å². The Morgan fingerprint density at radius 3 is 2.47 bits per heavy atom. The number of ether oxygens (including phenoxy) is 1. The van der Waals surface area contributed by atoms with Gasteiger partial charge in [0.05, 0.1) is 13.0 Å². The molecular formula is C12H22F3NO3. The molecule has 0 bridgehead atoms. The number of rotatable bonds is 10. The number of carboxylic acids is 1. The molecule has 0 aliphatic heterocycles. The van der Waals surface area contributed by atoms with E-state index in [0.29, 0.717) is 19.4 Å². The Kier molecular flexibility index (Phi) is 8.75. The fraction of sp³-hybridized carbons (Fsp3) is 0.917. The number of carboxylic acid groups (broad SMARTS) is 1. The van der Waals surface area contributed by atoms with E-state index in [1.165, 1.54) is 0 Å². The Morgan fingerprint density at radius 1 is 1.37 bits per heavy atom. The molecule has 0 aliphatic rings. The number of nitrogens with two attached hydrogens (primary N) is 1. The first kappa shape index (κ1) is 18.2. The Bertz CT molecular complexity index is 259. The van der Waals surface area contributed by atoms with Crippen molar-refractivity contribution in [2.45, 2.75) is 38.8 Å². The minimum absolute atomic E-state index is 0.0236. The van der Waals surface area contributed by atoms with Gasteiger partial charge in [0.2, 0.25) is 0 Å². The van der Waals surface area contributed by atoms with Crippen LogP contribution in [0.15, 0.2) is 0 Å². The molecule has 0 rings (SSSR count). The van der Waals surface area contributed by atoms with Gasteiger partial charge in [-0.15, -0.1) is 0 Å². The first-order valence-electron chi connectivity index (χ1n) is 6.31. The van der Waals surface area contributed by atoms with Gasteiger partial charge in [0.15, 0.2) is 0 Å². The summed E-state index contributed by atoms with van der Waals surface area (Å²) in [6.07, 6.45) is -3.85. The summed E-state index contributed by atoms with van der Waals surface area (Å²) in [4.78, 5) is 10.6. The van der Waals surface area contributed by atoms with E-state index in [2.05, 4.69) is 0 Å². The maximum Gasteiger partial charge on any atom is 0.391 e. The number of alkyl halides is 3. The molecule has 0 aromatic heterocycles. The van der Waals surface area contributed by atoms with E-state index in [4.69, 9.17) is 15.6 Å². The van der Waals surface area contributed by atoms with Crippen molar-refractivity contribution in [2.75, 3.05) is 19.8 Å². The lowest BCUT2D eigenvalue weighted by Gasteiger charge is -2.18. The van der Waals surface area contributed by atoms with Crippen molar-refractivity contribution in [1.29, 1.82) is 0 Å². The van der Waals surface area contributed by atoms with Crippen molar-refractivity contribution in [3.63, 3.8) is 0 Å². The van der Waals surface area contributed by atoms with E-state index in [1.807, 2.05) is 6.92 Å². The summed E-state index contributed by atoms with van der Waals surface area (Å²) in [5.41, 5.74) is 5.47. The molecule has 0 radical (unpaired) electrons. The van der Waals surface area contributed by atoms with Crippen LogP contribution in [-0.2, 0) is 9.53 Å². The average Bonchev–Trinajstić information content (AvgIpc) is 2.25. The Labute approximate surface area is 111 Å². The lowest BCUT2D eigenvalue weighted by Crippen LogP contribution is -2.21. The maximum atomic E-state index is 11.8. The molecule has 19 heavy (non-hydrogen) atoms. The second-order valence-electron chi connectivity index (χ2n) is 4.81. The summed E-state index contributed by atoms with van der Waals surface area (Å²) in [6.45, 7) is 2.14. The topological polar surface area (TPSA) is 72.5 Å². The minimum Gasteiger partial charge on any atom is -0.481 e. The molecule has 0 aromatic carbocycles. The van der Waals surface area contributed by atoms with Gasteiger partial charge in [-0.3, -0.25) is 4.79 Å². The highest BCUT2D eigenvalue weighted by Crippen LogP contribution is 2.20. The number of hydrogen-bond donors (Lipinski definition) is 2. The van der Waals surface area contributed by atoms with Crippen LogP contribution in [-0.4, -0.2) is 37.0 Å². The fourth-order valence-corrected chi connectivity index (χ4v) is 1.77. The van der Waals surface area contributed by atoms with Crippen molar-refractivity contribution < 1.29 is 27.8 Å². The van der Waals surface area contributed by atoms with Crippen LogP contribution in [0.2, 0.25) is 0 Å². The number of hydrogen-bond acceptors (Lipinski definition) is 3. The molecule has 0 aromatic rings. The number of carbonyl (C=O) groups is 1. The van der Waals surface area contributed by atoms with Crippen LogP contribution in [0.4, 0.5) is 13.2 Å². The molecule has 0 fully saturated rings. The quantitative estimate of drug-likeness (QED) is 0.605. The zero-order valence-corrected chi connectivity index (χ0v) is 11.1. The van der Waals surface area contributed by atoms with Gasteiger partial charge in [-0.05, 0) is 31.2 Å². The molecular weight excluding hydrogens is 263 g/mol. The molecule has 0 heterocycles. The van der Waals surface area contributed by atoms with Crippen LogP contribution in [0.3, 0.4) is 0 Å². The second-order valence-corrected chi connectivity index (χ2v) is 4.81. The van der Waals surface area contributed by atoms with Crippen molar-refractivity contribution in [3.8, 4) is 0 Å². The summed E-state index contributed by atoms with van der Waals surface area (Å²) in [6, 6.07) is 0. The fourth-order valence-electron chi connectivity index (χ4n) is 1.77. The monoisotopic (exact) mass is 285 g/mol. The van der Waals surface area contributed by atoms with Gasteiger partial charge in [0, 0.05) is 13.0 Å². The first-order valence-corrected chi connectivity index (χ1v) is 6.31. The standard InChI is InChI=1S/C12H22F3NO3/c1-9(6-10(8-16)7-11(17)18)2-4-19-5-3-12(13,14)15/h9-10H,2-8,16H2,1H3,(H,17,18)/t9-,10+/m1/s1. The molecule has 0 spiro atoms. The minimum atomic E-state index is -4.18. The van der Waals surface area contributed by atoms with Gasteiger partial charge in [-0.2, -0.15) is 13.2 Å². The van der Waals surface area contributed by atoms with E-state index < -0.39 is 18.6 Å². The molecule has 0 amide bonds. The van der Waals surface area contributed by atoms with E-state index in [-0.39, 0.29) is 31.5 Å². The Hall–Kier alpha value is -0.820. The second kappa shape index (κ2) is 9.14. The van der Waals surface area contributed by atoms with E-state index in [9.17, 15) is 18.0 Å². The largest absolute Gasteiger partial charge is 0.481 e. The van der Waals surface area contributed by atoms with Crippen molar-refractivity contribution >= 4 is 5.97 Å². The van der Waals surface area contributed by atoms with Crippen LogP contribution >= 0.6 is 0 Å². The zero-order valence-electron chi connectivity index (χ0n) is 11.1. The average molecular weight is 285 g/mol. The van der Waals surface area contributed by atoms with Gasteiger partial charge in [0.1, 0.15) is 0 Å². The summed E-state index contributed by atoms with van der Waals surface area (Å²) in [5.74, 6) is -0.800. The van der Waals surface area contributed by atoms with Crippen LogP contribution in [0.5, 0.6) is 0 Å². The molecule has 3 N–H and O–H groups in total. The molecule has 2 atom stereocenters. The summed E-state index contributed by atoms with van der Waals surface area (Å²) < 4.78 is 40.4. The van der Waals surface area contributed by atoms with Gasteiger partial charge in [-0.25, -0.2) is 0 Å². The number of aliphatic carboxylic acids is 1. The lowest BCUT2D eigenvalue weighted by molar-refractivity contribution is -0.145. The zero-order chi connectivity index (χ0) is 14.9. The normalized spacial score (nSPS) is 15.2. The van der Waals surface area contributed by atoms with E-state index in [0.717, 1.165) is 0 Å². The summed E-state index contributed by atoms with van der Waals surface area (Å²) >= 11 is 0. The van der Waals surface area contributed by atoms with Gasteiger partial charge in [-0.1, -0.05) is 6.92 Å². The highest BCUT2D eigenvalue weighted by Gasteiger charge is 2.26. The van der Waals surface area contributed by atoms with Gasteiger partial charge in [0.25, 0.3) is 0 Å². The van der Waals surface area contributed by atoms with Crippen LogP contribution in [0, 0.1) is 11.8 Å². The number of halogens is 3. The lowest BCUT2D eigenvalue weighted by atomic mass is 9.91. The van der Waals surface area contributed by atoms with Crippen molar-refractivity contribution in [2.24, 2.45) is 17.6 Å². The molecule has 114 valence electrons. The molecule has 7 heteroatoms. The summed E-state index contributed by atoms with van der Waals surface area (Å²) in [7, 11) is 0. The smallest absolute Gasteiger partial charge is 0.391 e. The van der Waals surface area contributed by atoms with Gasteiger partial charge < -0.3 is 15.6 Å². The molecule has 0 saturated carbocycles. The summed E-state index contributed by atoms with van der Waals surface area (Å²) in [5, 5.41) is 8.66. The van der Waals surface area contributed by atoms with Gasteiger partial charge >= 0.3 is 12.1 Å². The van der Waals surface area contributed by atoms with Crippen molar-refractivity contribution in [3.05, 3.63) is 0 Å². The highest BCUT2D eigenvalue weighted by molar-refractivity contribution is 5.67. The van der Waals surface area contributed by atoms with Crippen LogP contribution in [0.25, 0.3) is 0 Å². The third-order valence-corrected chi connectivity index (χ3v) is 2.82. The molecule has 0 aliphatic carbocycles. The SMILES string of the molecule is C[C@H](CCOCCC(F)(F)F)C[C@H](CN)CC(=O)O. The molecule has 0 unspecified atom stereocenters. The maximum absolute atomic E-state index is 11.8. The third-order valence-electron chi connectivity index (χ3n) is 2.82. The predicted octanol–water partition coefficient (Wildman–Crippen LogP) is 2.42. The van der Waals surface area contributed by atoms with E-state index in [1.54, 1.807) is 0 Å².